The van der Waals surface area contributed by atoms with Gasteiger partial charge in [0.05, 0.1) is 6.67 Å². The Hall–Kier alpha value is -1.73. The molecular weight excluding hydrogens is 389 g/mol. The van der Waals surface area contributed by atoms with Crippen LogP contribution >= 0.6 is 0 Å². The highest BCUT2D eigenvalue weighted by Crippen LogP contribution is 2.33. The maximum Gasteiger partial charge on any atom is 0.422 e. The maximum atomic E-state index is 12.7. The van der Waals surface area contributed by atoms with Gasteiger partial charge in [-0.25, -0.2) is 13.2 Å². The Morgan fingerprint density at radius 2 is 1.46 bits per heavy atom. The number of hydrogen-bond acceptors (Lipinski definition) is 1. The molecule has 160 valence electrons. The second-order valence-corrected chi connectivity index (χ2v) is 6.83. The monoisotopic (exact) mass is 414 g/mol. The lowest BCUT2D eigenvalue weighted by molar-refractivity contribution is -0.154. The summed E-state index contributed by atoms with van der Waals surface area (Å²) in [4.78, 5) is 0. The fourth-order valence-corrected chi connectivity index (χ4v) is 3.14. The van der Waals surface area contributed by atoms with Crippen LogP contribution in [-0.4, -0.2) is 19.5 Å². The van der Waals surface area contributed by atoms with Crippen LogP contribution in [-0.2, 0) is 0 Å². The van der Waals surface area contributed by atoms with Crippen LogP contribution < -0.4 is 4.74 Å². The Morgan fingerprint density at radius 1 is 0.964 bits per heavy atom. The lowest BCUT2D eigenvalue weighted by Gasteiger charge is -2.27. The minimum absolute atomic E-state index is 0.123. The van der Waals surface area contributed by atoms with Crippen LogP contribution in [0.3, 0.4) is 0 Å². The van der Waals surface area contributed by atoms with Gasteiger partial charge in [-0.05, 0) is 31.1 Å². The van der Waals surface area contributed by atoms with Crippen molar-refractivity contribution in [1.82, 2.24) is 0 Å². The molecule has 0 aliphatic heterocycles. The summed E-state index contributed by atoms with van der Waals surface area (Å²) in [6, 6.07) is 0.462. The summed E-state index contributed by atoms with van der Waals surface area (Å²) in [6.07, 6.45) is 5.69. The predicted octanol–water partition coefficient (Wildman–Crippen LogP) is 7.16. The smallest absolute Gasteiger partial charge is 0.422 e. The Kier molecular flexibility index (Phi) is 10.4. The largest absolute Gasteiger partial charge is 0.478 e. The molecule has 1 aromatic rings. The van der Waals surface area contributed by atoms with E-state index in [9.17, 15) is 30.7 Å². The quantitative estimate of drug-likeness (QED) is 0.340. The standard InChI is InChI=1S/C12H21F.C8H4F6O/c1-2-3-4-11-5-7-12(8-6-11)9-10-13;9-4-1-5(10)7(6(11)2-4)15-3-8(12,13)14/h2,11-12H,1,3-10H2;1-2H,3H2. The van der Waals surface area contributed by atoms with Crippen molar-refractivity contribution in [2.24, 2.45) is 11.8 Å². The van der Waals surface area contributed by atoms with Gasteiger partial charge in [-0.15, -0.1) is 6.58 Å². The lowest BCUT2D eigenvalue weighted by atomic mass is 9.79. The van der Waals surface area contributed by atoms with Crippen molar-refractivity contribution in [2.75, 3.05) is 13.3 Å². The molecule has 1 nitrogen and oxygen atoms in total. The van der Waals surface area contributed by atoms with Crippen LogP contribution in [0.25, 0.3) is 0 Å². The van der Waals surface area contributed by atoms with E-state index < -0.39 is 36.0 Å². The van der Waals surface area contributed by atoms with Gasteiger partial charge in [0.15, 0.2) is 24.0 Å². The minimum Gasteiger partial charge on any atom is -0.478 e. The van der Waals surface area contributed by atoms with Crippen molar-refractivity contribution >= 4 is 0 Å². The second kappa shape index (κ2) is 12.0. The van der Waals surface area contributed by atoms with Crippen molar-refractivity contribution in [3.05, 3.63) is 42.2 Å². The van der Waals surface area contributed by atoms with Gasteiger partial charge >= 0.3 is 6.18 Å². The molecule has 0 amide bonds. The molecule has 1 fully saturated rings. The van der Waals surface area contributed by atoms with E-state index in [4.69, 9.17) is 0 Å². The van der Waals surface area contributed by atoms with Crippen molar-refractivity contribution in [1.29, 1.82) is 0 Å². The predicted molar refractivity (Wildman–Crippen MR) is 93.3 cm³/mol. The van der Waals surface area contributed by atoms with E-state index in [0.717, 1.165) is 18.8 Å². The maximum absolute atomic E-state index is 12.7. The molecule has 0 spiro atoms. The number of benzene rings is 1. The molecule has 0 aromatic heterocycles. The molecule has 0 saturated heterocycles. The average molecular weight is 414 g/mol. The third-order valence-corrected chi connectivity index (χ3v) is 4.61. The van der Waals surface area contributed by atoms with Crippen LogP contribution in [0.5, 0.6) is 5.75 Å². The van der Waals surface area contributed by atoms with Crippen LogP contribution in [0.15, 0.2) is 24.8 Å². The van der Waals surface area contributed by atoms with Gasteiger partial charge in [0, 0.05) is 12.1 Å². The zero-order valence-corrected chi connectivity index (χ0v) is 15.5. The summed E-state index contributed by atoms with van der Waals surface area (Å²) in [5.74, 6) is -3.93. The first-order chi connectivity index (χ1) is 13.2. The van der Waals surface area contributed by atoms with Gasteiger partial charge < -0.3 is 4.74 Å². The third-order valence-electron chi connectivity index (χ3n) is 4.61. The number of allylic oxidation sites excluding steroid dienone is 1. The fourth-order valence-electron chi connectivity index (χ4n) is 3.14. The van der Waals surface area contributed by atoms with Crippen LogP contribution in [0.1, 0.15) is 44.9 Å². The third kappa shape index (κ3) is 9.46. The Morgan fingerprint density at radius 3 is 1.89 bits per heavy atom. The van der Waals surface area contributed by atoms with Gasteiger partial charge in [0.2, 0.25) is 0 Å². The number of hydrogen-bond donors (Lipinski definition) is 0. The van der Waals surface area contributed by atoms with E-state index in [0.29, 0.717) is 5.92 Å². The van der Waals surface area contributed by atoms with E-state index in [2.05, 4.69) is 11.3 Å². The second-order valence-electron chi connectivity index (χ2n) is 6.83. The summed E-state index contributed by atoms with van der Waals surface area (Å²) in [6.45, 7) is 1.78. The van der Waals surface area contributed by atoms with Gasteiger partial charge in [0.1, 0.15) is 5.82 Å². The van der Waals surface area contributed by atoms with Crippen molar-refractivity contribution in [3.63, 3.8) is 0 Å². The molecule has 0 radical (unpaired) electrons. The van der Waals surface area contributed by atoms with E-state index >= 15 is 0 Å². The molecule has 0 N–H and O–H groups in total. The summed E-state index contributed by atoms with van der Waals surface area (Å²) in [5, 5.41) is 0. The van der Waals surface area contributed by atoms with Gasteiger partial charge in [0.25, 0.3) is 0 Å². The highest BCUT2D eigenvalue weighted by atomic mass is 19.4. The Labute approximate surface area is 160 Å². The van der Waals surface area contributed by atoms with Crippen LogP contribution in [0.4, 0.5) is 30.7 Å². The minimum atomic E-state index is -4.72. The average Bonchev–Trinajstić information content (AvgIpc) is 2.60. The first-order valence-corrected chi connectivity index (χ1v) is 9.17. The molecule has 1 aliphatic carbocycles. The van der Waals surface area contributed by atoms with E-state index in [1.165, 1.54) is 32.1 Å². The van der Waals surface area contributed by atoms with Gasteiger partial charge in [-0.1, -0.05) is 31.8 Å². The highest BCUT2D eigenvalue weighted by molar-refractivity contribution is 5.27. The first kappa shape index (κ1) is 24.3. The molecule has 1 aliphatic rings. The molecule has 0 unspecified atom stereocenters. The summed E-state index contributed by atoms with van der Waals surface area (Å²) in [5.41, 5.74) is 0. The number of halogens is 7. The molecule has 0 bridgehead atoms. The van der Waals surface area contributed by atoms with Gasteiger partial charge in [-0.2, -0.15) is 13.2 Å². The zero-order valence-electron chi connectivity index (χ0n) is 15.5. The van der Waals surface area contributed by atoms with E-state index in [1.54, 1.807) is 0 Å². The number of rotatable bonds is 7. The summed E-state index contributed by atoms with van der Waals surface area (Å²) >= 11 is 0. The summed E-state index contributed by atoms with van der Waals surface area (Å²) in [7, 11) is 0. The SMILES string of the molecule is C=CCCC1CCC(CCF)CC1.Fc1cc(F)c(OCC(F)(F)F)c(F)c1. The van der Waals surface area contributed by atoms with E-state index in [1.807, 2.05) is 6.08 Å². The van der Waals surface area contributed by atoms with Crippen molar-refractivity contribution in [3.8, 4) is 5.75 Å². The fraction of sp³-hybridized carbons (Fsp3) is 0.600. The Balaban J connectivity index is 0.000000283. The molecule has 0 heterocycles. The normalized spacial score (nSPS) is 19.5. The molecule has 1 aromatic carbocycles. The van der Waals surface area contributed by atoms with Crippen LogP contribution in [0, 0.1) is 29.3 Å². The van der Waals surface area contributed by atoms with Crippen molar-refractivity contribution in [2.45, 2.75) is 51.1 Å². The molecule has 28 heavy (non-hydrogen) atoms. The summed E-state index contributed by atoms with van der Waals surface area (Å²) < 4.78 is 88.6. The molecular formula is C20H25F7O. The topological polar surface area (TPSA) is 9.23 Å². The molecule has 0 atom stereocenters. The van der Waals surface area contributed by atoms with E-state index in [-0.39, 0.29) is 18.8 Å². The van der Waals surface area contributed by atoms with Crippen molar-refractivity contribution < 1.29 is 35.5 Å². The first-order valence-electron chi connectivity index (χ1n) is 9.17. The van der Waals surface area contributed by atoms with Gasteiger partial charge in [-0.3, -0.25) is 4.39 Å². The highest BCUT2D eigenvalue weighted by Gasteiger charge is 2.29. The molecule has 2 rings (SSSR count). The van der Waals surface area contributed by atoms with Crippen LogP contribution in [0.2, 0.25) is 0 Å². The Bertz CT molecular complexity index is 570. The molecule has 1 saturated carbocycles. The zero-order chi connectivity index (χ0) is 21.2. The molecule has 8 heteroatoms. The lowest BCUT2D eigenvalue weighted by Crippen LogP contribution is -2.20. The number of alkyl halides is 4. The number of ether oxygens (including phenoxy) is 1.